The SMILES string of the molecule is Cc1cc(C(=O)Cn2nnc(-c3cccs3)n2)c(C)n1[C@H]1CCS(=O)(=O)C1. The van der Waals surface area contributed by atoms with Crippen molar-refractivity contribution in [3.05, 3.63) is 40.5 Å². The molecule has 0 aromatic carbocycles. The maximum atomic E-state index is 12.8. The van der Waals surface area contributed by atoms with Crippen molar-refractivity contribution in [3.63, 3.8) is 0 Å². The van der Waals surface area contributed by atoms with Crippen molar-refractivity contribution in [2.45, 2.75) is 32.9 Å². The first-order valence-corrected chi connectivity index (χ1v) is 11.3. The molecule has 0 bridgehead atoms. The minimum absolute atomic E-state index is 0.00830. The van der Waals surface area contributed by atoms with E-state index >= 15 is 0 Å². The summed E-state index contributed by atoms with van der Waals surface area (Å²) in [5.41, 5.74) is 2.26. The minimum Gasteiger partial charge on any atom is -0.344 e. The summed E-state index contributed by atoms with van der Waals surface area (Å²) in [4.78, 5) is 15.0. The standard InChI is InChI=1S/C17H19N5O3S2/c1-11-8-14(12(2)22(11)13-5-7-27(24,25)10-13)15(23)9-21-19-17(18-20-21)16-4-3-6-26-16/h3-4,6,8,13H,5,7,9-10H2,1-2H3/t13-/m0/s1. The van der Waals surface area contributed by atoms with E-state index < -0.39 is 9.84 Å². The lowest BCUT2D eigenvalue weighted by Gasteiger charge is -2.16. The zero-order valence-corrected chi connectivity index (χ0v) is 16.6. The summed E-state index contributed by atoms with van der Waals surface area (Å²) in [5, 5.41) is 14.2. The number of nitrogens with zero attached hydrogens (tertiary/aromatic N) is 5. The second kappa shape index (κ2) is 6.68. The number of aryl methyl sites for hydroxylation is 1. The van der Waals surface area contributed by atoms with E-state index in [0.717, 1.165) is 16.3 Å². The number of carbonyl (C=O) groups excluding carboxylic acids is 1. The number of hydrogen-bond donors (Lipinski definition) is 0. The number of aromatic nitrogens is 5. The van der Waals surface area contributed by atoms with Crippen LogP contribution in [0.4, 0.5) is 0 Å². The number of ketones is 1. The normalized spacial score (nSPS) is 18.8. The highest BCUT2D eigenvalue weighted by molar-refractivity contribution is 7.91. The van der Waals surface area contributed by atoms with Gasteiger partial charge in [-0.1, -0.05) is 6.07 Å². The Balaban J connectivity index is 1.55. The van der Waals surface area contributed by atoms with Gasteiger partial charge in [-0.15, -0.1) is 21.5 Å². The summed E-state index contributed by atoms with van der Waals surface area (Å²) in [5.74, 6) is 0.711. The van der Waals surface area contributed by atoms with Crippen LogP contribution >= 0.6 is 11.3 Å². The van der Waals surface area contributed by atoms with Crippen LogP contribution in [0.1, 0.15) is 34.2 Å². The first-order chi connectivity index (χ1) is 12.8. The Kier molecular flexibility index (Phi) is 4.47. The van der Waals surface area contributed by atoms with Gasteiger partial charge in [0.25, 0.3) is 0 Å². The van der Waals surface area contributed by atoms with Crippen molar-refractivity contribution in [1.29, 1.82) is 0 Å². The van der Waals surface area contributed by atoms with Gasteiger partial charge in [0.15, 0.2) is 15.6 Å². The molecular formula is C17H19N5O3S2. The van der Waals surface area contributed by atoms with Crippen LogP contribution in [0.5, 0.6) is 0 Å². The Morgan fingerprint density at radius 3 is 2.85 bits per heavy atom. The van der Waals surface area contributed by atoms with Gasteiger partial charge in [-0.2, -0.15) is 4.80 Å². The second-order valence-electron chi connectivity index (χ2n) is 6.76. The molecule has 0 spiro atoms. The third-order valence-electron chi connectivity index (χ3n) is 4.84. The predicted molar refractivity (Wildman–Crippen MR) is 102 cm³/mol. The van der Waals surface area contributed by atoms with E-state index in [1.165, 1.54) is 16.1 Å². The molecule has 0 N–H and O–H groups in total. The molecule has 1 aliphatic rings. The fraction of sp³-hybridized carbons (Fsp3) is 0.412. The number of sulfone groups is 1. The number of thiophene rings is 1. The molecule has 4 rings (SSSR count). The van der Waals surface area contributed by atoms with Crippen LogP contribution < -0.4 is 0 Å². The second-order valence-corrected chi connectivity index (χ2v) is 9.93. The van der Waals surface area contributed by atoms with Gasteiger partial charge >= 0.3 is 0 Å². The average Bonchev–Trinajstić information content (AvgIpc) is 3.35. The quantitative estimate of drug-likeness (QED) is 0.603. The van der Waals surface area contributed by atoms with Crippen molar-refractivity contribution in [2.24, 2.45) is 0 Å². The molecule has 0 amide bonds. The molecule has 3 aromatic heterocycles. The fourth-order valence-electron chi connectivity index (χ4n) is 3.63. The third-order valence-corrected chi connectivity index (χ3v) is 7.45. The zero-order chi connectivity index (χ0) is 19.2. The Morgan fingerprint density at radius 2 is 2.19 bits per heavy atom. The van der Waals surface area contributed by atoms with Crippen LogP contribution in [-0.2, 0) is 16.4 Å². The van der Waals surface area contributed by atoms with Crippen molar-refractivity contribution in [3.8, 4) is 10.7 Å². The topological polar surface area (TPSA) is 99.7 Å². The van der Waals surface area contributed by atoms with E-state index in [-0.39, 0.29) is 29.9 Å². The Morgan fingerprint density at radius 1 is 1.37 bits per heavy atom. The lowest BCUT2D eigenvalue weighted by molar-refractivity contribution is 0.0960. The minimum atomic E-state index is -2.99. The third kappa shape index (κ3) is 3.46. The first kappa shape index (κ1) is 18.1. The van der Waals surface area contributed by atoms with Gasteiger partial charge in [0, 0.05) is 23.0 Å². The smallest absolute Gasteiger partial charge is 0.214 e. The Labute approximate surface area is 160 Å². The summed E-state index contributed by atoms with van der Waals surface area (Å²) in [6.45, 7) is 3.75. The van der Waals surface area contributed by atoms with Gasteiger partial charge in [-0.3, -0.25) is 4.79 Å². The zero-order valence-electron chi connectivity index (χ0n) is 15.0. The van der Waals surface area contributed by atoms with Crippen LogP contribution in [-0.4, -0.2) is 50.5 Å². The molecule has 1 aliphatic heterocycles. The maximum Gasteiger partial charge on any atom is 0.214 e. The molecule has 142 valence electrons. The maximum absolute atomic E-state index is 12.8. The lowest BCUT2D eigenvalue weighted by Crippen LogP contribution is -2.16. The van der Waals surface area contributed by atoms with Crippen LogP contribution in [0.2, 0.25) is 0 Å². The highest BCUT2D eigenvalue weighted by Crippen LogP contribution is 2.29. The number of tetrazole rings is 1. The van der Waals surface area contributed by atoms with Crippen LogP contribution in [0.25, 0.3) is 10.7 Å². The fourth-order valence-corrected chi connectivity index (χ4v) is 5.98. The van der Waals surface area contributed by atoms with E-state index in [2.05, 4.69) is 15.4 Å². The molecule has 8 nitrogen and oxygen atoms in total. The summed E-state index contributed by atoms with van der Waals surface area (Å²) < 4.78 is 25.6. The van der Waals surface area contributed by atoms with Gasteiger partial charge in [0.05, 0.1) is 16.4 Å². The van der Waals surface area contributed by atoms with Gasteiger partial charge in [0.1, 0.15) is 6.54 Å². The predicted octanol–water partition coefficient (Wildman–Crippen LogP) is 2.06. The molecule has 27 heavy (non-hydrogen) atoms. The molecule has 3 aromatic rings. The number of carbonyl (C=O) groups is 1. The highest BCUT2D eigenvalue weighted by atomic mass is 32.2. The number of Topliss-reactive ketones (excluding diaryl/α,β-unsaturated/α-hetero) is 1. The van der Waals surface area contributed by atoms with Gasteiger partial charge in [-0.05, 0) is 43.0 Å². The largest absolute Gasteiger partial charge is 0.344 e. The van der Waals surface area contributed by atoms with Crippen LogP contribution in [0.3, 0.4) is 0 Å². The molecule has 10 heteroatoms. The van der Waals surface area contributed by atoms with Crippen molar-refractivity contribution >= 4 is 27.0 Å². The molecule has 4 heterocycles. The van der Waals surface area contributed by atoms with Gasteiger partial charge < -0.3 is 4.57 Å². The summed E-state index contributed by atoms with van der Waals surface area (Å²) >= 11 is 1.51. The van der Waals surface area contributed by atoms with Crippen LogP contribution in [0, 0.1) is 13.8 Å². The highest BCUT2D eigenvalue weighted by Gasteiger charge is 2.31. The molecular weight excluding hydrogens is 386 g/mol. The summed E-state index contributed by atoms with van der Waals surface area (Å²) in [6, 6.07) is 5.52. The van der Waals surface area contributed by atoms with Crippen LogP contribution in [0.15, 0.2) is 23.6 Å². The average molecular weight is 406 g/mol. The number of rotatable bonds is 5. The molecule has 1 saturated heterocycles. The first-order valence-electron chi connectivity index (χ1n) is 8.58. The van der Waals surface area contributed by atoms with Gasteiger partial charge in [0.2, 0.25) is 5.82 Å². The molecule has 1 atom stereocenters. The summed E-state index contributed by atoms with van der Waals surface area (Å²) in [7, 11) is -2.99. The molecule has 0 aliphatic carbocycles. The molecule has 1 fully saturated rings. The molecule has 0 saturated carbocycles. The Hall–Kier alpha value is -2.33. The molecule has 0 radical (unpaired) electrons. The van der Waals surface area contributed by atoms with Crippen molar-refractivity contribution < 1.29 is 13.2 Å². The van der Waals surface area contributed by atoms with Crippen molar-refractivity contribution in [1.82, 2.24) is 24.8 Å². The van der Waals surface area contributed by atoms with Gasteiger partial charge in [-0.25, -0.2) is 8.42 Å². The van der Waals surface area contributed by atoms with E-state index in [1.54, 1.807) is 0 Å². The monoisotopic (exact) mass is 405 g/mol. The van der Waals surface area contributed by atoms with E-state index in [9.17, 15) is 13.2 Å². The van der Waals surface area contributed by atoms with Crippen molar-refractivity contribution in [2.75, 3.05) is 11.5 Å². The lowest BCUT2D eigenvalue weighted by atomic mass is 10.1. The number of hydrogen-bond acceptors (Lipinski definition) is 7. The Bertz CT molecular complexity index is 1100. The van der Waals surface area contributed by atoms with E-state index in [4.69, 9.17) is 0 Å². The van der Waals surface area contributed by atoms with E-state index in [0.29, 0.717) is 17.8 Å². The van der Waals surface area contributed by atoms with E-state index in [1.807, 2.05) is 42.0 Å². The molecule has 0 unspecified atom stereocenters. The summed E-state index contributed by atoms with van der Waals surface area (Å²) in [6.07, 6.45) is 0.584.